The smallest absolute Gasteiger partial charge is 0.428 e. The summed E-state index contributed by atoms with van der Waals surface area (Å²) in [4.78, 5) is 29.1. The second-order valence-electron chi connectivity index (χ2n) is 11.5. The molecule has 4 rings (SSSR count). The Morgan fingerprint density at radius 1 is 1.13 bits per heavy atom. The molecule has 2 aromatic carbocycles. The molecular formula is C34H35F3N4O10S2. The van der Waals surface area contributed by atoms with E-state index in [2.05, 4.69) is 10.1 Å². The van der Waals surface area contributed by atoms with Crippen LogP contribution in [-0.2, 0) is 50.7 Å². The van der Waals surface area contributed by atoms with E-state index in [4.69, 9.17) is 33.5 Å². The van der Waals surface area contributed by atoms with Crippen LogP contribution in [0, 0.1) is 28.8 Å². The first-order valence-electron chi connectivity index (χ1n) is 16.0. The summed E-state index contributed by atoms with van der Waals surface area (Å²) in [6, 6.07) is 8.75. The van der Waals surface area contributed by atoms with Crippen molar-refractivity contribution in [3.63, 3.8) is 0 Å². The standard InChI is InChI=1S/C34H35F3N4O10S2/c1-23(52-27-17-47-32(48-18-27)8-3-2-6-25-10-9-24(16-38)14-29(25)36)34(19-41-21-39-20-40-41,28-12-11-26(35)15-30(28)37)51-33(43)50-22-49-31(42)7-4-5-13-53(44,45)46/h2-3,6,8-12,14-15,20-21,23,27,32H,4-5,7,13,17-19,22H2,1H3,(H,44,45,46). The minimum atomic E-state index is -4.18. The van der Waals surface area contributed by atoms with Gasteiger partial charge in [0.2, 0.25) is 6.79 Å². The zero-order valence-electron chi connectivity index (χ0n) is 28.2. The van der Waals surface area contributed by atoms with Crippen molar-refractivity contribution in [1.82, 2.24) is 14.8 Å². The Morgan fingerprint density at radius 3 is 2.57 bits per heavy atom. The summed E-state index contributed by atoms with van der Waals surface area (Å²) < 4.78 is 103. The summed E-state index contributed by atoms with van der Waals surface area (Å²) >= 11 is 1.22. The van der Waals surface area contributed by atoms with Crippen molar-refractivity contribution in [2.75, 3.05) is 25.8 Å². The van der Waals surface area contributed by atoms with Crippen LogP contribution in [0.15, 0.2) is 67.3 Å². The van der Waals surface area contributed by atoms with E-state index in [0.29, 0.717) is 6.07 Å². The average molecular weight is 781 g/mol. The number of carbonyl (C=O) groups is 2. The molecule has 3 aromatic rings. The molecule has 1 aliphatic rings. The van der Waals surface area contributed by atoms with Crippen LogP contribution >= 0.6 is 11.8 Å². The zero-order valence-corrected chi connectivity index (χ0v) is 29.8. The average Bonchev–Trinajstić information content (AvgIpc) is 3.62. The van der Waals surface area contributed by atoms with E-state index in [1.54, 1.807) is 25.2 Å². The van der Waals surface area contributed by atoms with Gasteiger partial charge >= 0.3 is 12.1 Å². The summed E-state index contributed by atoms with van der Waals surface area (Å²) in [7, 11) is -4.18. The summed E-state index contributed by atoms with van der Waals surface area (Å²) in [6.07, 6.45) is 6.57. The van der Waals surface area contributed by atoms with Gasteiger partial charge < -0.3 is 23.7 Å². The van der Waals surface area contributed by atoms with Gasteiger partial charge in [-0.2, -0.15) is 18.8 Å². The minimum Gasteiger partial charge on any atom is -0.428 e. The monoisotopic (exact) mass is 780 g/mol. The highest BCUT2D eigenvalue weighted by molar-refractivity contribution is 8.00. The molecule has 0 saturated carbocycles. The Morgan fingerprint density at radius 2 is 1.91 bits per heavy atom. The van der Waals surface area contributed by atoms with Crippen LogP contribution in [0.1, 0.15) is 42.9 Å². The Labute approximate surface area is 307 Å². The van der Waals surface area contributed by atoms with Gasteiger partial charge in [0, 0.05) is 28.9 Å². The second-order valence-corrected chi connectivity index (χ2v) is 14.7. The maximum atomic E-state index is 15.6. The fourth-order valence-corrected chi connectivity index (χ4v) is 7.00. The lowest BCUT2D eigenvalue weighted by atomic mass is 9.89. The van der Waals surface area contributed by atoms with Crippen LogP contribution in [0.25, 0.3) is 6.08 Å². The lowest BCUT2D eigenvalue weighted by Gasteiger charge is -2.40. The number of carbonyl (C=O) groups excluding carboxylic acids is 2. The minimum absolute atomic E-state index is 0.00444. The normalized spacial score (nSPS) is 18.0. The molecule has 0 radical (unpaired) electrons. The van der Waals surface area contributed by atoms with Gasteiger partial charge in [0.25, 0.3) is 10.1 Å². The van der Waals surface area contributed by atoms with Gasteiger partial charge in [-0.3, -0.25) is 9.35 Å². The number of ether oxygens (including phenoxy) is 5. The highest BCUT2D eigenvalue weighted by Crippen LogP contribution is 2.42. The maximum absolute atomic E-state index is 15.6. The van der Waals surface area contributed by atoms with Crippen LogP contribution in [0.3, 0.4) is 0 Å². The highest BCUT2D eigenvalue weighted by Gasteiger charge is 2.47. The van der Waals surface area contributed by atoms with Crippen LogP contribution in [0.5, 0.6) is 0 Å². The van der Waals surface area contributed by atoms with Gasteiger partial charge in [0.15, 0.2) is 11.9 Å². The lowest BCUT2D eigenvalue weighted by Crippen LogP contribution is -2.47. The summed E-state index contributed by atoms with van der Waals surface area (Å²) in [5.74, 6) is -3.81. The van der Waals surface area contributed by atoms with Crippen LogP contribution < -0.4 is 0 Å². The van der Waals surface area contributed by atoms with Gasteiger partial charge in [-0.1, -0.05) is 24.3 Å². The zero-order chi connectivity index (χ0) is 38.4. The quantitative estimate of drug-likeness (QED) is 0.0610. The largest absolute Gasteiger partial charge is 0.512 e. The van der Waals surface area contributed by atoms with Crippen molar-refractivity contribution < 1.29 is 59.4 Å². The predicted octanol–water partition coefficient (Wildman–Crippen LogP) is 5.31. The third kappa shape index (κ3) is 12.7. The van der Waals surface area contributed by atoms with Crippen molar-refractivity contribution in [2.24, 2.45) is 0 Å². The van der Waals surface area contributed by atoms with Crippen LogP contribution in [0.2, 0.25) is 0 Å². The fourth-order valence-electron chi connectivity index (χ4n) is 5.07. The maximum Gasteiger partial charge on any atom is 0.512 e. The molecule has 2 unspecified atom stereocenters. The number of hydrogen-bond donors (Lipinski definition) is 1. The number of nitrogens with zero attached hydrogens (tertiary/aromatic N) is 4. The topological polar surface area (TPSA) is 189 Å². The number of rotatable bonds is 17. The van der Waals surface area contributed by atoms with Crippen molar-refractivity contribution in [3.8, 4) is 6.07 Å². The van der Waals surface area contributed by atoms with Gasteiger partial charge in [-0.05, 0) is 50.1 Å². The molecule has 0 amide bonds. The van der Waals surface area contributed by atoms with Crippen molar-refractivity contribution >= 4 is 40.1 Å². The number of thioether (sulfide) groups is 1. The molecule has 1 saturated heterocycles. The number of nitriles is 1. The lowest BCUT2D eigenvalue weighted by molar-refractivity contribution is -0.155. The van der Waals surface area contributed by atoms with E-state index >= 15 is 4.39 Å². The number of hydrogen-bond acceptors (Lipinski definition) is 13. The summed E-state index contributed by atoms with van der Waals surface area (Å²) in [5, 5.41) is 11.8. The van der Waals surface area contributed by atoms with Gasteiger partial charge in [-0.25, -0.2) is 27.6 Å². The number of aromatic nitrogens is 3. The molecule has 0 spiro atoms. The number of esters is 1. The Bertz CT molecular complexity index is 1920. The van der Waals surface area contributed by atoms with Crippen molar-refractivity contribution in [2.45, 2.75) is 55.1 Å². The molecule has 1 fully saturated rings. The summed E-state index contributed by atoms with van der Waals surface area (Å²) in [5.41, 5.74) is -1.65. The molecule has 14 nitrogen and oxygen atoms in total. The van der Waals surface area contributed by atoms with Crippen molar-refractivity contribution in [3.05, 3.63) is 101 Å². The molecule has 2 heterocycles. The molecule has 2 atom stereocenters. The SMILES string of the molecule is CC(SC1COC(C=CC=Cc2ccc(C#N)cc2F)OC1)C(Cn1cncn1)(OC(=O)OCOC(=O)CCCCS(=O)(=O)O)c1ccc(F)cc1F. The van der Waals surface area contributed by atoms with Gasteiger partial charge in [0.05, 0.1) is 42.4 Å². The highest BCUT2D eigenvalue weighted by atomic mass is 32.2. The van der Waals surface area contributed by atoms with E-state index in [9.17, 15) is 26.8 Å². The van der Waals surface area contributed by atoms with Crippen LogP contribution in [-0.4, -0.2) is 82.4 Å². The first kappa shape index (κ1) is 41.0. The molecule has 0 bridgehead atoms. The van der Waals surface area contributed by atoms with Gasteiger partial charge in [-0.15, -0.1) is 11.8 Å². The molecular weight excluding hydrogens is 746 g/mol. The molecule has 53 heavy (non-hydrogen) atoms. The number of allylic oxidation sites excluding steroid dienone is 2. The Kier molecular flexibility index (Phi) is 15.0. The second kappa shape index (κ2) is 19.4. The summed E-state index contributed by atoms with van der Waals surface area (Å²) in [6.45, 7) is 0.739. The third-order valence-corrected chi connectivity index (χ3v) is 9.93. The molecule has 19 heteroatoms. The van der Waals surface area contributed by atoms with E-state index in [1.807, 2.05) is 6.07 Å². The molecule has 0 aliphatic carbocycles. The number of benzene rings is 2. The Hall–Kier alpha value is -4.74. The van der Waals surface area contributed by atoms with Gasteiger partial charge in [0.1, 0.15) is 30.1 Å². The van der Waals surface area contributed by atoms with Crippen molar-refractivity contribution in [1.29, 1.82) is 5.26 Å². The third-order valence-electron chi connectivity index (χ3n) is 7.68. The van der Waals surface area contributed by atoms with E-state index in [-0.39, 0.29) is 61.0 Å². The molecule has 1 aliphatic heterocycles. The number of unbranched alkanes of at least 4 members (excludes halogenated alkanes) is 1. The molecule has 1 N–H and O–H groups in total. The first-order chi connectivity index (χ1) is 25.3. The van der Waals surface area contributed by atoms with E-state index < -0.39 is 69.4 Å². The Balaban J connectivity index is 1.43. The fraction of sp³-hybridized carbons (Fsp3) is 0.382. The van der Waals surface area contributed by atoms with E-state index in [1.165, 1.54) is 47.3 Å². The van der Waals surface area contributed by atoms with Crippen LogP contribution in [0.4, 0.5) is 18.0 Å². The number of halogens is 3. The first-order valence-corrected chi connectivity index (χ1v) is 18.5. The molecule has 1 aromatic heterocycles. The molecule has 284 valence electrons. The predicted molar refractivity (Wildman–Crippen MR) is 183 cm³/mol. The van der Waals surface area contributed by atoms with E-state index in [0.717, 1.165) is 18.2 Å².